The number of halogens is 1. The van der Waals surface area contributed by atoms with Gasteiger partial charge in [0.1, 0.15) is 5.52 Å². The van der Waals surface area contributed by atoms with Gasteiger partial charge in [-0.2, -0.15) is 0 Å². The van der Waals surface area contributed by atoms with Crippen LogP contribution in [0.3, 0.4) is 0 Å². The fourth-order valence-corrected chi connectivity index (χ4v) is 1.83. The molecule has 0 spiro atoms. The van der Waals surface area contributed by atoms with Crippen molar-refractivity contribution in [2.45, 2.75) is 6.54 Å². The molecule has 0 saturated heterocycles. The summed E-state index contributed by atoms with van der Waals surface area (Å²) in [6.45, 7) is 0.598. The van der Waals surface area contributed by atoms with E-state index in [-0.39, 0.29) is 5.82 Å². The standard InChI is InChI=1S/C13H10FN3/c14-11-7-4-8-12-13(11)15-16-17(12)9-10-5-2-1-3-6-10/h1-8H,9H2. The molecule has 3 nitrogen and oxygen atoms in total. The molecule has 0 fully saturated rings. The largest absolute Gasteiger partial charge is 0.240 e. The summed E-state index contributed by atoms with van der Waals surface area (Å²) in [6.07, 6.45) is 0. The lowest BCUT2D eigenvalue weighted by molar-refractivity contribution is 0.635. The highest BCUT2D eigenvalue weighted by Gasteiger charge is 2.08. The molecule has 1 aromatic heterocycles. The maximum Gasteiger partial charge on any atom is 0.152 e. The van der Waals surface area contributed by atoms with Crippen LogP contribution >= 0.6 is 0 Å². The molecule has 3 rings (SSSR count). The normalized spacial score (nSPS) is 10.9. The Labute approximate surface area is 97.5 Å². The molecule has 1 heterocycles. The number of hydrogen-bond acceptors (Lipinski definition) is 2. The molecular weight excluding hydrogens is 217 g/mol. The van der Waals surface area contributed by atoms with Crippen molar-refractivity contribution < 1.29 is 4.39 Å². The number of fused-ring (bicyclic) bond motifs is 1. The van der Waals surface area contributed by atoms with Crippen LogP contribution in [0.2, 0.25) is 0 Å². The molecule has 0 unspecified atom stereocenters. The van der Waals surface area contributed by atoms with Crippen molar-refractivity contribution in [1.29, 1.82) is 0 Å². The van der Waals surface area contributed by atoms with Gasteiger partial charge in [-0.3, -0.25) is 0 Å². The van der Waals surface area contributed by atoms with Gasteiger partial charge in [-0.05, 0) is 17.7 Å². The lowest BCUT2D eigenvalue weighted by atomic mass is 10.2. The number of rotatable bonds is 2. The third kappa shape index (κ3) is 1.78. The second kappa shape index (κ2) is 3.97. The highest BCUT2D eigenvalue weighted by molar-refractivity contribution is 5.74. The Kier molecular flexibility index (Phi) is 2.33. The molecule has 0 aliphatic carbocycles. The van der Waals surface area contributed by atoms with Crippen LogP contribution in [0.1, 0.15) is 5.56 Å². The first-order chi connectivity index (χ1) is 8.34. The number of aromatic nitrogens is 3. The van der Waals surface area contributed by atoms with Gasteiger partial charge in [-0.15, -0.1) is 5.10 Å². The van der Waals surface area contributed by atoms with Crippen LogP contribution in [0.25, 0.3) is 11.0 Å². The first-order valence-electron chi connectivity index (χ1n) is 5.36. The van der Waals surface area contributed by atoms with Crippen LogP contribution in [0.5, 0.6) is 0 Å². The minimum absolute atomic E-state index is 0.323. The molecule has 4 heteroatoms. The van der Waals surface area contributed by atoms with Crippen molar-refractivity contribution in [2.24, 2.45) is 0 Å². The molecule has 0 bridgehead atoms. The predicted molar refractivity (Wildman–Crippen MR) is 63.0 cm³/mol. The molecule has 84 valence electrons. The Hall–Kier alpha value is -2.23. The number of benzene rings is 2. The summed E-state index contributed by atoms with van der Waals surface area (Å²) < 4.78 is 15.1. The summed E-state index contributed by atoms with van der Waals surface area (Å²) in [6, 6.07) is 14.8. The van der Waals surface area contributed by atoms with Crippen molar-refractivity contribution in [3.05, 3.63) is 59.9 Å². The molecule has 0 atom stereocenters. The van der Waals surface area contributed by atoms with Crippen molar-refractivity contribution in [2.75, 3.05) is 0 Å². The molecule has 0 aliphatic heterocycles. The lowest BCUT2D eigenvalue weighted by Gasteiger charge is -2.01. The first-order valence-corrected chi connectivity index (χ1v) is 5.36. The van der Waals surface area contributed by atoms with Crippen molar-refractivity contribution in [1.82, 2.24) is 15.0 Å². The third-order valence-electron chi connectivity index (χ3n) is 2.67. The van der Waals surface area contributed by atoms with E-state index in [0.29, 0.717) is 17.6 Å². The average Bonchev–Trinajstić information content (AvgIpc) is 2.76. The Balaban J connectivity index is 2.05. The van der Waals surface area contributed by atoms with Gasteiger partial charge in [-0.25, -0.2) is 9.07 Å². The first kappa shape index (κ1) is 9.96. The summed E-state index contributed by atoms with van der Waals surface area (Å²) in [5.74, 6) is -0.332. The summed E-state index contributed by atoms with van der Waals surface area (Å²) in [4.78, 5) is 0. The van der Waals surface area contributed by atoms with Crippen molar-refractivity contribution in [3.8, 4) is 0 Å². The zero-order valence-electron chi connectivity index (χ0n) is 9.05. The maximum absolute atomic E-state index is 13.4. The lowest BCUT2D eigenvalue weighted by Crippen LogP contribution is -2.01. The smallest absolute Gasteiger partial charge is 0.152 e. The molecule has 0 aliphatic rings. The molecule has 0 saturated carbocycles. The number of nitrogens with zero attached hydrogens (tertiary/aromatic N) is 3. The van der Waals surface area contributed by atoms with E-state index in [0.717, 1.165) is 5.56 Å². The highest BCUT2D eigenvalue weighted by atomic mass is 19.1. The van der Waals surface area contributed by atoms with E-state index in [2.05, 4.69) is 10.3 Å². The van der Waals surface area contributed by atoms with Gasteiger partial charge in [0.05, 0.1) is 12.1 Å². The molecule has 0 radical (unpaired) electrons. The van der Waals surface area contributed by atoms with E-state index in [1.807, 2.05) is 36.4 Å². The van der Waals surface area contributed by atoms with Crippen LogP contribution in [0, 0.1) is 5.82 Å². The minimum Gasteiger partial charge on any atom is -0.240 e. The molecule has 3 aromatic rings. The Morgan fingerprint density at radius 3 is 2.65 bits per heavy atom. The fraction of sp³-hybridized carbons (Fsp3) is 0.0769. The van der Waals surface area contributed by atoms with Crippen LogP contribution in [0.4, 0.5) is 4.39 Å². The monoisotopic (exact) mass is 227 g/mol. The van der Waals surface area contributed by atoms with Gasteiger partial charge in [0.2, 0.25) is 0 Å². The Morgan fingerprint density at radius 2 is 1.82 bits per heavy atom. The second-order valence-corrected chi connectivity index (χ2v) is 3.84. The van der Waals surface area contributed by atoms with Gasteiger partial charge in [0.15, 0.2) is 5.82 Å². The molecule has 0 N–H and O–H groups in total. The summed E-state index contributed by atoms with van der Waals surface area (Å²) >= 11 is 0. The van der Waals surface area contributed by atoms with Gasteiger partial charge in [0.25, 0.3) is 0 Å². The molecule has 2 aromatic carbocycles. The van der Waals surface area contributed by atoms with Gasteiger partial charge in [-0.1, -0.05) is 41.6 Å². The average molecular weight is 227 g/mol. The van der Waals surface area contributed by atoms with Crippen LogP contribution in [0.15, 0.2) is 48.5 Å². The summed E-state index contributed by atoms with van der Waals surface area (Å²) in [5.41, 5.74) is 2.15. The SMILES string of the molecule is Fc1cccc2c1nnn2Cc1ccccc1. The third-order valence-corrected chi connectivity index (χ3v) is 2.67. The number of hydrogen-bond donors (Lipinski definition) is 0. The fourth-order valence-electron chi connectivity index (χ4n) is 1.83. The topological polar surface area (TPSA) is 30.7 Å². The van der Waals surface area contributed by atoms with Crippen LogP contribution in [-0.4, -0.2) is 15.0 Å². The zero-order chi connectivity index (χ0) is 11.7. The van der Waals surface area contributed by atoms with Gasteiger partial charge >= 0.3 is 0 Å². The van der Waals surface area contributed by atoms with E-state index in [9.17, 15) is 4.39 Å². The Morgan fingerprint density at radius 1 is 1.00 bits per heavy atom. The minimum atomic E-state index is -0.332. The van der Waals surface area contributed by atoms with E-state index in [1.165, 1.54) is 6.07 Å². The second-order valence-electron chi connectivity index (χ2n) is 3.84. The Bertz CT molecular complexity index is 646. The van der Waals surface area contributed by atoms with E-state index in [4.69, 9.17) is 0 Å². The van der Waals surface area contributed by atoms with E-state index in [1.54, 1.807) is 10.7 Å². The van der Waals surface area contributed by atoms with Crippen LogP contribution < -0.4 is 0 Å². The highest BCUT2D eigenvalue weighted by Crippen LogP contribution is 2.15. The molecular formula is C13H10FN3. The maximum atomic E-state index is 13.4. The summed E-state index contributed by atoms with van der Waals surface area (Å²) in [7, 11) is 0. The molecule has 17 heavy (non-hydrogen) atoms. The van der Waals surface area contributed by atoms with E-state index >= 15 is 0 Å². The van der Waals surface area contributed by atoms with Crippen LogP contribution in [-0.2, 0) is 6.54 Å². The quantitative estimate of drug-likeness (QED) is 0.673. The molecule has 0 amide bonds. The van der Waals surface area contributed by atoms with Gasteiger partial charge in [0, 0.05) is 0 Å². The summed E-state index contributed by atoms with van der Waals surface area (Å²) in [5, 5.41) is 7.83. The predicted octanol–water partition coefficient (Wildman–Crippen LogP) is 2.62. The van der Waals surface area contributed by atoms with Crippen molar-refractivity contribution >= 4 is 11.0 Å². The van der Waals surface area contributed by atoms with Crippen molar-refractivity contribution in [3.63, 3.8) is 0 Å². The van der Waals surface area contributed by atoms with E-state index < -0.39 is 0 Å². The zero-order valence-corrected chi connectivity index (χ0v) is 9.05. The van der Waals surface area contributed by atoms with Gasteiger partial charge < -0.3 is 0 Å².